The largest absolute Gasteiger partial charge is 0.370 e. The lowest BCUT2D eigenvalue weighted by atomic mass is 9.95. The number of aryl methyl sites for hydroxylation is 2. The average Bonchev–Trinajstić information content (AvgIpc) is 2.58. The van der Waals surface area contributed by atoms with E-state index in [4.69, 9.17) is 16.6 Å². The van der Waals surface area contributed by atoms with Crippen LogP contribution in [0, 0.1) is 6.92 Å². The van der Waals surface area contributed by atoms with Crippen molar-refractivity contribution in [2.75, 3.05) is 0 Å². The van der Waals surface area contributed by atoms with Gasteiger partial charge in [-0.2, -0.15) is 4.99 Å². The molecule has 2 aromatic carbocycles. The van der Waals surface area contributed by atoms with Gasteiger partial charge in [-0.25, -0.2) is 13.6 Å². The van der Waals surface area contributed by atoms with Crippen LogP contribution in [0.15, 0.2) is 46.3 Å². The molecule has 0 radical (unpaired) electrons. The molecule has 0 spiro atoms. The first kappa shape index (κ1) is 20.6. The lowest BCUT2D eigenvalue weighted by Gasteiger charge is -2.14. The SMILES string of the molecule is CCCCc1cc(-c2ccc(C)cc2)c(S(N)(=O)=O)cc1C(=O)N=C(N)N. The minimum atomic E-state index is -4.08. The highest BCUT2D eigenvalue weighted by molar-refractivity contribution is 7.89. The number of rotatable bonds is 6. The van der Waals surface area contributed by atoms with E-state index in [1.807, 2.05) is 38.1 Å². The van der Waals surface area contributed by atoms with Crippen LogP contribution in [-0.2, 0) is 16.4 Å². The molecule has 27 heavy (non-hydrogen) atoms. The first-order chi connectivity index (χ1) is 12.6. The summed E-state index contributed by atoms with van der Waals surface area (Å²) in [4.78, 5) is 15.8. The van der Waals surface area contributed by atoms with Gasteiger partial charge in [-0.15, -0.1) is 0 Å². The molecule has 2 aromatic rings. The molecule has 144 valence electrons. The topological polar surface area (TPSA) is 142 Å². The van der Waals surface area contributed by atoms with E-state index in [0.29, 0.717) is 23.1 Å². The number of sulfonamides is 1. The highest BCUT2D eigenvalue weighted by atomic mass is 32.2. The molecule has 0 saturated heterocycles. The van der Waals surface area contributed by atoms with E-state index in [0.717, 1.165) is 18.4 Å². The lowest BCUT2D eigenvalue weighted by molar-refractivity contribution is 0.100. The van der Waals surface area contributed by atoms with E-state index in [1.54, 1.807) is 6.07 Å². The third kappa shape index (κ3) is 5.15. The van der Waals surface area contributed by atoms with Gasteiger partial charge >= 0.3 is 0 Å². The van der Waals surface area contributed by atoms with Crippen LogP contribution in [-0.4, -0.2) is 20.3 Å². The predicted molar refractivity (Wildman–Crippen MR) is 107 cm³/mol. The number of aliphatic imine (C=N–C) groups is 1. The first-order valence-electron chi connectivity index (χ1n) is 8.54. The maximum atomic E-state index is 12.4. The van der Waals surface area contributed by atoms with Crippen molar-refractivity contribution in [2.24, 2.45) is 21.6 Å². The van der Waals surface area contributed by atoms with E-state index in [2.05, 4.69) is 4.99 Å². The van der Waals surface area contributed by atoms with Gasteiger partial charge in [0.2, 0.25) is 10.0 Å². The molecule has 0 heterocycles. The van der Waals surface area contributed by atoms with Crippen LogP contribution < -0.4 is 16.6 Å². The van der Waals surface area contributed by atoms with Crippen LogP contribution >= 0.6 is 0 Å². The highest BCUT2D eigenvalue weighted by Crippen LogP contribution is 2.31. The first-order valence-corrected chi connectivity index (χ1v) is 10.1. The quantitative estimate of drug-likeness (QED) is 0.513. The van der Waals surface area contributed by atoms with Crippen molar-refractivity contribution < 1.29 is 13.2 Å². The Balaban J connectivity index is 2.77. The summed E-state index contributed by atoms with van der Waals surface area (Å²) in [7, 11) is -4.08. The summed E-state index contributed by atoms with van der Waals surface area (Å²) >= 11 is 0. The number of primary sulfonamides is 1. The van der Waals surface area contributed by atoms with Gasteiger partial charge in [-0.1, -0.05) is 43.2 Å². The molecule has 0 atom stereocenters. The molecule has 7 nitrogen and oxygen atoms in total. The second-order valence-electron chi connectivity index (χ2n) is 6.36. The molecule has 0 aromatic heterocycles. The zero-order valence-corrected chi connectivity index (χ0v) is 16.2. The Hall–Kier alpha value is -2.71. The van der Waals surface area contributed by atoms with Crippen molar-refractivity contribution in [1.82, 2.24) is 0 Å². The minimum absolute atomic E-state index is 0.136. The maximum absolute atomic E-state index is 12.4. The number of carbonyl (C=O) groups excluding carboxylic acids is 1. The van der Waals surface area contributed by atoms with Crippen molar-refractivity contribution >= 4 is 21.9 Å². The fraction of sp³-hybridized carbons (Fsp3) is 0.263. The number of nitrogens with two attached hydrogens (primary N) is 3. The second kappa shape index (κ2) is 8.32. The molecular weight excluding hydrogens is 364 g/mol. The van der Waals surface area contributed by atoms with Crippen LogP contribution in [0.5, 0.6) is 0 Å². The average molecular weight is 388 g/mol. The van der Waals surface area contributed by atoms with Crippen LogP contribution in [0.25, 0.3) is 11.1 Å². The molecule has 6 N–H and O–H groups in total. The van der Waals surface area contributed by atoms with Gasteiger partial charge in [0, 0.05) is 11.1 Å². The van der Waals surface area contributed by atoms with E-state index in [9.17, 15) is 13.2 Å². The number of carbonyl (C=O) groups is 1. The third-order valence-electron chi connectivity index (χ3n) is 4.14. The fourth-order valence-electron chi connectivity index (χ4n) is 2.77. The van der Waals surface area contributed by atoms with Crippen molar-refractivity contribution in [3.05, 3.63) is 53.1 Å². The molecule has 0 saturated carbocycles. The molecule has 1 amide bonds. The third-order valence-corrected chi connectivity index (χ3v) is 5.09. The van der Waals surface area contributed by atoms with Crippen LogP contribution in [0.2, 0.25) is 0 Å². The summed E-state index contributed by atoms with van der Waals surface area (Å²) in [5.41, 5.74) is 13.6. The summed E-state index contributed by atoms with van der Waals surface area (Å²) in [6.45, 7) is 3.96. The Labute approximate surface area is 159 Å². The molecule has 0 unspecified atom stereocenters. The van der Waals surface area contributed by atoms with Gasteiger partial charge in [0.25, 0.3) is 5.91 Å². The number of nitrogens with zero attached hydrogens (tertiary/aromatic N) is 1. The van der Waals surface area contributed by atoms with Crippen LogP contribution in [0.4, 0.5) is 0 Å². The zero-order valence-electron chi connectivity index (χ0n) is 15.4. The van der Waals surface area contributed by atoms with E-state index >= 15 is 0 Å². The fourth-order valence-corrected chi connectivity index (χ4v) is 3.53. The van der Waals surface area contributed by atoms with Gasteiger partial charge in [-0.05, 0) is 43.0 Å². The number of hydrogen-bond acceptors (Lipinski definition) is 3. The Morgan fingerprint density at radius 2 is 1.74 bits per heavy atom. The van der Waals surface area contributed by atoms with E-state index in [-0.39, 0.29) is 16.4 Å². The maximum Gasteiger partial charge on any atom is 0.280 e. The summed E-state index contributed by atoms with van der Waals surface area (Å²) < 4.78 is 24.4. The van der Waals surface area contributed by atoms with Crippen molar-refractivity contribution in [2.45, 2.75) is 38.0 Å². The Kier molecular flexibility index (Phi) is 6.35. The van der Waals surface area contributed by atoms with Crippen molar-refractivity contribution in [3.8, 4) is 11.1 Å². The summed E-state index contributed by atoms with van der Waals surface area (Å²) in [6.07, 6.45) is 2.32. The molecule has 0 aliphatic heterocycles. The molecule has 0 bridgehead atoms. The number of amides is 1. The van der Waals surface area contributed by atoms with Gasteiger partial charge < -0.3 is 11.5 Å². The van der Waals surface area contributed by atoms with E-state index in [1.165, 1.54) is 6.07 Å². The smallest absolute Gasteiger partial charge is 0.280 e. The molecular formula is C19H24N4O3S. The molecule has 0 aliphatic carbocycles. The van der Waals surface area contributed by atoms with Crippen LogP contribution in [0.1, 0.15) is 41.3 Å². The lowest BCUT2D eigenvalue weighted by Crippen LogP contribution is -2.24. The molecule has 0 aliphatic rings. The number of benzene rings is 2. The molecule has 2 rings (SSSR count). The Morgan fingerprint density at radius 1 is 1.11 bits per heavy atom. The Morgan fingerprint density at radius 3 is 2.26 bits per heavy atom. The normalized spacial score (nSPS) is 11.2. The second-order valence-corrected chi connectivity index (χ2v) is 7.89. The number of unbranched alkanes of at least 4 members (excludes halogenated alkanes) is 1. The molecule has 8 heteroatoms. The van der Waals surface area contributed by atoms with Gasteiger partial charge in [0.1, 0.15) is 0 Å². The van der Waals surface area contributed by atoms with Gasteiger partial charge in [0.05, 0.1) is 4.90 Å². The van der Waals surface area contributed by atoms with Gasteiger partial charge in [-0.3, -0.25) is 4.79 Å². The summed E-state index contributed by atoms with van der Waals surface area (Å²) in [6, 6.07) is 10.4. The number of guanidine groups is 1. The highest BCUT2D eigenvalue weighted by Gasteiger charge is 2.22. The van der Waals surface area contributed by atoms with Crippen molar-refractivity contribution in [3.63, 3.8) is 0 Å². The monoisotopic (exact) mass is 388 g/mol. The number of hydrogen-bond donors (Lipinski definition) is 3. The van der Waals surface area contributed by atoms with Crippen molar-refractivity contribution in [1.29, 1.82) is 0 Å². The van der Waals surface area contributed by atoms with Gasteiger partial charge in [0.15, 0.2) is 5.96 Å². The standard InChI is InChI=1S/C19H24N4O3S/c1-3-4-5-14-10-15(13-8-6-12(2)7-9-13)17(27(22,25)26)11-16(14)18(24)23-19(20)21/h6-11H,3-5H2,1-2H3,(H2,22,25,26)(H4,20,21,23,24). The predicted octanol–water partition coefficient (Wildman–Crippen LogP) is 2.07. The summed E-state index contributed by atoms with van der Waals surface area (Å²) in [5.74, 6) is -1.08. The summed E-state index contributed by atoms with van der Waals surface area (Å²) in [5, 5.41) is 5.42. The minimum Gasteiger partial charge on any atom is -0.370 e. The Bertz CT molecular complexity index is 977. The molecule has 0 fully saturated rings. The van der Waals surface area contributed by atoms with E-state index < -0.39 is 15.9 Å². The van der Waals surface area contributed by atoms with Crippen LogP contribution in [0.3, 0.4) is 0 Å². The zero-order chi connectivity index (χ0) is 20.2.